The van der Waals surface area contributed by atoms with Crippen LogP contribution in [0.1, 0.15) is 22.8 Å². The van der Waals surface area contributed by atoms with Crippen LogP contribution in [0.15, 0.2) is 24.3 Å². The molecule has 0 spiro atoms. The molecule has 0 bridgehead atoms. The summed E-state index contributed by atoms with van der Waals surface area (Å²) in [5.41, 5.74) is 1.27. The number of hydrogen-bond donors (Lipinski definition) is 1. The van der Waals surface area contributed by atoms with E-state index in [9.17, 15) is 4.79 Å². The van der Waals surface area contributed by atoms with Gasteiger partial charge >= 0.3 is 5.97 Å². The lowest BCUT2D eigenvalue weighted by Gasteiger charge is -2.02. The van der Waals surface area contributed by atoms with Crippen LogP contribution in [-0.2, 0) is 6.42 Å². The Bertz CT molecular complexity index is 362. The average molecular weight is 189 g/mol. The number of hydrogen-bond acceptors (Lipinski definition) is 2. The third-order valence-electron chi connectivity index (χ3n) is 1.96. The quantitative estimate of drug-likeness (QED) is 0.791. The van der Waals surface area contributed by atoms with E-state index in [4.69, 9.17) is 10.4 Å². The highest BCUT2D eigenvalue weighted by atomic mass is 16.4. The fraction of sp³-hybridized carbons (Fsp3) is 0.273. The first-order chi connectivity index (χ1) is 6.63. The van der Waals surface area contributed by atoms with Crippen LogP contribution >= 0.6 is 0 Å². The van der Waals surface area contributed by atoms with Crippen LogP contribution in [0.3, 0.4) is 0 Å². The number of nitrogens with zero attached hydrogens (tertiary/aromatic N) is 1. The maximum absolute atomic E-state index is 10.5. The first-order valence-electron chi connectivity index (χ1n) is 4.35. The number of rotatable bonds is 3. The van der Waals surface area contributed by atoms with E-state index in [-0.39, 0.29) is 11.5 Å². The number of nitriles is 1. The van der Waals surface area contributed by atoms with E-state index < -0.39 is 5.97 Å². The second kappa shape index (κ2) is 4.43. The number of carboxylic acids is 1. The molecule has 1 aromatic carbocycles. The number of carbonyl (C=O) groups is 1. The van der Waals surface area contributed by atoms with Gasteiger partial charge < -0.3 is 5.11 Å². The highest BCUT2D eigenvalue weighted by Crippen LogP contribution is 2.09. The minimum absolute atomic E-state index is 0.0364. The number of aromatic carboxylic acids is 1. The van der Waals surface area contributed by atoms with E-state index in [0.717, 1.165) is 5.56 Å². The smallest absolute Gasteiger partial charge is 0.335 e. The van der Waals surface area contributed by atoms with Crippen molar-refractivity contribution >= 4 is 5.97 Å². The van der Waals surface area contributed by atoms with Gasteiger partial charge in [-0.3, -0.25) is 0 Å². The molecule has 0 amide bonds. The Morgan fingerprint density at radius 3 is 2.50 bits per heavy atom. The zero-order chi connectivity index (χ0) is 10.6. The van der Waals surface area contributed by atoms with Gasteiger partial charge in [-0.05, 0) is 31.0 Å². The summed E-state index contributed by atoms with van der Waals surface area (Å²) in [5, 5.41) is 17.2. The molecule has 0 fully saturated rings. The lowest BCUT2D eigenvalue weighted by molar-refractivity contribution is 0.0697. The van der Waals surface area contributed by atoms with E-state index in [0.29, 0.717) is 6.42 Å². The van der Waals surface area contributed by atoms with Gasteiger partial charge in [-0.25, -0.2) is 4.79 Å². The van der Waals surface area contributed by atoms with Crippen LogP contribution in [0.4, 0.5) is 0 Å². The Balaban J connectivity index is 2.75. The molecule has 3 nitrogen and oxygen atoms in total. The average Bonchev–Trinajstić information content (AvgIpc) is 2.18. The fourth-order valence-electron chi connectivity index (χ4n) is 1.18. The van der Waals surface area contributed by atoms with Gasteiger partial charge in [0.2, 0.25) is 0 Å². The van der Waals surface area contributed by atoms with Crippen molar-refractivity contribution in [2.75, 3.05) is 0 Å². The standard InChI is InChI=1S/C11H11NO2/c1-8(7-12)6-9-2-4-10(5-3-9)11(13)14/h2-5,8H,6H2,1H3,(H,13,14). The Labute approximate surface area is 82.6 Å². The molecule has 72 valence electrons. The minimum atomic E-state index is -0.926. The van der Waals surface area contributed by atoms with Gasteiger partial charge in [-0.15, -0.1) is 0 Å². The van der Waals surface area contributed by atoms with E-state index in [2.05, 4.69) is 6.07 Å². The molecule has 0 saturated carbocycles. The van der Waals surface area contributed by atoms with Crippen LogP contribution in [0.5, 0.6) is 0 Å². The van der Waals surface area contributed by atoms with Gasteiger partial charge in [0, 0.05) is 5.92 Å². The molecule has 0 aliphatic rings. The predicted molar refractivity (Wildman–Crippen MR) is 51.9 cm³/mol. The molecule has 14 heavy (non-hydrogen) atoms. The van der Waals surface area contributed by atoms with Gasteiger partial charge in [0.05, 0.1) is 11.6 Å². The molecule has 1 N–H and O–H groups in total. The van der Waals surface area contributed by atoms with Crippen LogP contribution in [0, 0.1) is 17.2 Å². The van der Waals surface area contributed by atoms with Crippen LogP contribution in [-0.4, -0.2) is 11.1 Å². The summed E-state index contributed by atoms with van der Waals surface area (Å²) in [6.45, 7) is 1.84. The lowest BCUT2D eigenvalue weighted by atomic mass is 10.0. The Morgan fingerprint density at radius 2 is 2.07 bits per heavy atom. The van der Waals surface area contributed by atoms with E-state index in [1.54, 1.807) is 24.3 Å². The van der Waals surface area contributed by atoms with Crippen molar-refractivity contribution in [1.29, 1.82) is 5.26 Å². The van der Waals surface area contributed by atoms with Gasteiger partial charge in [0.1, 0.15) is 0 Å². The van der Waals surface area contributed by atoms with Gasteiger partial charge in [-0.2, -0.15) is 5.26 Å². The molecule has 1 unspecified atom stereocenters. The second-order valence-corrected chi connectivity index (χ2v) is 3.24. The lowest BCUT2D eigenvalue weighted by Crippen LogP contribution is -1.99. The Hall–Kier alpha value is -1.82. The zero-order valence-electron chi connectivity index (χ0n) is 7.90. The van der Waals surface area contributed by atoms with E-state index >= 15 is 0 Å². The molecule has 1 aromatic rings. The van der Waals surface area contributed by atoms with Crippen molar-refractivity contribution in [3.8, 4) is 6.07 Å². The molecule has 0 aliphatic carbocycles. The molecular weight excluding hydrogens is 178 g/mol. The maximum atomic E-state index is 10.5. The topological polar surface area (TPSA) is 61.1 Å². The highest BCUT2D eigenvalue weighted by molar-refractivity contribution is 5.87. The van der Waals surface area contributed by atoms with Gasteiger partial charge in [-0.1, -0.05) is 12.1 Å². The molecule has 0 radical (unpaired) electrons. The summed E-state index contributed by atoms with van der Waals surface area (Å²) in [7, 11) is 0. The first kappa shape index (κ1) is 10.3. The summed E-state index contributed by atoms with van der Waals surface area (Å²) >= 11 is 0. The molecule has 3 heteroatoms. The molecule has 0 heterocycles. The summed E-state index contributed by atoms with van der Waals surface area (Å²) in [5.74, 6) is -0.962. The fourth-order valence-corrected chi connectivity index (χ4v) is 1.18. The monoisotopic (exact) mass is 189 g/mol. The van der Waals surface area contributed by atoms with Crippen molar-refractivity contribution in [3.63, 3.8) is 0 Å². The molecule has 0 aromatic heterocycles. The van der Waals surface area contributed by atoms with Crippen molar-refractivity contribution in [3.05, 3.63) is 35.4 Å². The maximum Gasteiger partial charge on any atom is 0.335 e. The Morgan fingerprint density at radius 1 is 1.50 bits per heavy atom. The third-order valence-corrected chi connectivity index (χ3v) is 1.96. The van der Waals surface area contributed by atoms with Gasteiger partial charge in [0.15, 0.2) is 0 Å². The molecule has 1 rings (SSSR count). The van der Waals surface area contributed by atoms with Crippen molar-refractivity contribution in [1.82, 2.24) is 0 Å². The predicted octanol–water partition coefficient (Wildman–Crippen LogP) is 2.09. The van der Waals surface area contributed by atoms with Gasteiger partial charge in [0.25, 0.3) is 0 Å². The summed E-state index contributed by atoms with van der Waals surface area (Å²) in [4.78, 5) is 10.5. The number of benzene rings is 1. The first-order valence-corrected chi connectivity index (χ1v) is 4.35. The highest BCUT2D eigenvalue weighted by Gasteiger charge is 2.04. The van der Waals surface area contributed by atoms with E-state index in [1.165, 1.54) is 0 Å². The van der Waals surface area contributed by atoms with Crippen molar-refractivity contribution in [2.24, 2.45) is 5.92 Å². The minimum Gasteiger partial charge on any atom is -0.478 e. The van der Waals surface area contributed by atoms with Crippen LogP contribution in [0.25, 0.3) is 0 Å². The van der Waals surface area contributed by atoms with Crippen molar-refractivity contribution in [2.45, 2.75) is 13.3 Å². The zero-order valence-corrected chi connectivity index (χ0v) is 7.90. The number of carboxylic acid groups (broad SMARTS) is 1. The summed E-state index contributed by atoms with van der Waals surface area (Å²) < 4.78 is 0. The normalized spacial score (nSPS) is 11.7. The Kier molecular flexibility index (Phi) is 3.24. The van der Waals surface area contributed by atoms with E-state index in [1.807, 2.05) is 6.92 Å². The molecule has 0 saturated heterocycles. The van der Waals surface area contributed by atoms with Crippen molar-refractivity contribution < 1.29 is 9.90 Å². The van der Waals surface area contributed by atoms with Crippen LogP contribution in [0.2, 0.25) is 0 Å². The molecular formula is C11H11NO2. The second-order valence-electron chi connectivity index (χ2n) is 3.24. The van der Waals surface area contributed by atoms with Crippen LogP contribution < -0.4 is 0 Å². The SMILES string of the molecule is CC(C#N)Cc1ccc(C(=O)O)cc1. The molecule has 1 atom stereocenters. The third kappa shape index (κ3) is 2.60. The summed E-state index contributed by atoms with van der Waals surface area (Å²) in [6, 6.07) is 8.74. The molecule has 0 aliphatic heterocycles. The summed E-state index contributed by atoms with van der Waals surface area (Å²) in [6.07, 6.45) is 0.663. The largest absolute Gasteiger partial charge is 0.478 e.